The molecule has 0 saturated carbocycles. The molecule has 1 unspecified atom stereocenters. The van der Waals surface area contributed by atoms with Crippen molar-refractivity contribution in [2.75, 3.05) is 13.1 Å². The van der Waals surface area contributed by atoms with E-state index in [1.54, 1.807) is 0 Å². The predicted molar refractivity (Wildman–Crippen MR) is 116 cm³/mol. The number of hydrogen-bond donors (Lipinski definition) is 1. The third kappa shape index (κ3) is 4.62. The normalized spacial score (nSPS) is 15.7. The lowest BCUT2D eigenvalue weighted by atomic mass is 9.89. The first kappa shape index (κ1) is 20.0. The highest BCUT2D eigenvalue weighted by atomic mass is 16.5. The van der Waals surface area contributed by atoms with Crippen LogP contribution in [-0.2, 0) is 4.79 Å². The zero-order valence-corrected chi connectivity index (χ0v) is 16.7. The van der Waals surface area contributed by atoms with E-state index in [1.807, 2.05) is 77.7 Å². The van der Waals surface area contributed by atoms with Crippen LogP contribution in [0.4, 0.5) is 0 Å². The van der Waals surface area contributed by atoms with E-state index in [4.69, 9.17) is 4.74 Å². The highest BCUT2D eigenvalue weighted by Gasteiger charge is 2.31. The molecule has 1 aliphatic rings. The van der Waals surface area contributed by atoms with Crippen LogP contribution in [0.25, 0.3) is 10.8 Å². The number of fused-ring (bicyclic) bond motifs is 1. The predicted octanol–water partition coefficient (Wildman–Crippen LogP) is 4.61. The number of carbonyl (C=O) groups excluding carboxylic acids is 1. The van der Waals surface area contributed by atoms with Crippen LogP contribution in [0.2, 0.25) is 0 Å². The second-order valence-electron chi connectivity index (χ2n) is 7.76. The molecule has 4 rings (SSSR count). The summed E-state index contributed by atoms with van der Waals surface area (Å²) in [5, 5.41) is 11.5. The number of rotatable bonds is 6. The molecule has 1 N–H and O–H groups in total. The van der Waals surface area contributed by atoms with E-state index >= 15 is 0 Å². The van der Waals surface area contributed by atoms with Crippen LogP contribution in [0.5, 0.6) is 5.75 Å². The number of likely N-dealkylation sites (tertiary alicyclic amines) is 1. The number of nitrogens with zero attached hydrogens (tertiary/aromatic N) is 1. The van der Waals surface area contributed by atoms with Crippen LogP contribution in [-0.4, -0.2) is 41.1 Å². The van der Waals surface area contributed by atoms with Gasteiger partial charge >= 0.3 is 5.97 Å². The van der Waals surface area contributed by atoms with Crippen molar-refractivity contribution in [2.45, 2.75) is 25.4 Å². The lowest BCUT2D eigenvalue weighted by molar-refractivity contribution is -0.139. The average Bonchev–Trinajstić information content (AvgIpc) is 2.78. The van der Waals surface area contributed by atoms with Gasteiger partial charge in [-0.2, -0.15) is 0 Å². The highest BCUT2D eigenvalue weighted by Crippen LogP contribution is 2.28. The Morgan fingerprint density at radius 2 is 1.60 bits per heavy atom. The van der Waals surface area contributed by atoms with Gasteiger partial charge in [0.2, 0.25) is 0 Å². The maximum absolute atomic E-state index is 13.0. The lowest BCUT2D eigenvalue weighted by Crippen LogP contribution is -2.43. The molecular weight excluding hydrogens is 378 g/mol. The average molecular weight is 403 g/mol. The summed E-state index contributed by atoms with van der Waals surface area (Å²) in [6.45, 7) is 1.20. The number of carboxylic acid groups (broad SMARTS) is 1. The lowest BCUT2D eigenvalue weighted by Gasteiger charge is -2.35. The molecule has 5 nitrogen and oxygen atoms in total. The Morgan fingerprint density at radius 3 is 2.30 bits per heavy atom. The van der Waals surface area contributed by atoms with Crippen molar-refractivity contribution in [2.24, 2.45) is 5.92 Å². The first-order valence-corrected chi connectivity index (χ1v) is 10.3. The molecule has 1 heterocycles. The van der Waals surface area contributed by atoms with Crippen LogP contribution >= 0.6 is 0 Å². The third-order valence-electron chi connectivity index (χ3n) is 5.76. The molecule has 30 heavy (non-hydrogen) atoms. The molecule has 0 aliphatic carbocycles. The van der Waals surface area contributed by atoms with E-state index < -0.39 is 12.1 Å². The minimum Gasteiger partial charge on any atom is -0.490 e. The second-order valence-corrected chi connectivity index (χ2v) is 7.76. The Morgan fingerprint density at radius 1 is 0.933 bits per heavy atom. The van der Waals surface area contributed by atoms with Crippen molar-refractivity contribution < 1.29 is 19.4 Å². The number of carbonyl (C=O) groups is 2. The molecule has 1 amide bonds. The summed E-state index contributed by atoms with van der Waals surface area (Å²) in [6.07, 6.45) is 1.01. The molecule has 5 heteroatoms. The maximum atomic E-state index is 13.0. The van der Waals surface area contributed by atoms with Crippen molar-refractivity contribution in [3.63, 3.8) is 0 Å². The summed E-state index contributed by atoms with van der Waals surface area (Å²) in [4.78, 5) is 26.2. The molecule has 0 bridgehead atoms. The third-order valence-corrected chi connectivity index (χ3v) is 5.76. The Bertz CT molecular complexity index is 1030. The maximum Gasteiger partial charge on any atom is 0.307 e. The number of para-hydroxylation sites is 1. The fourth-order valence-corrected chi connectivity index (χ4v) is 4.13. The van der Waals surface area contributed by atoms with E-state index in [-0.39, 0.29) is 18.2 Å². The van der Waals surface area contributed by atoms with Crippen LogP contribution in [0.3, 0.4) is 0 Å². The van der Waals surface area contributed by atoms with Crippen molar-refractivity contribution in [3.8, 4) is 5.75 Å². The van der Waals surface area contributed by atoms with Gasteiger partial charge in [0, 0.05) is 18.7 Å². The van der Waals surface area contributed by atoms with Gasteiger partial charge in [0.25, 0.3) is 5.91 Å². The van der Waals surface area contributed by atoms with Gasteiger partial charge in [-0.05, 0) is 53.8 Å². The SMILES string of the molecule is O=C(O)CC(Oc1ccccc1)C1CCN(C(=O)c2ccc3ccccc3c2)CC1. The monoisotopic (exact) mass is 403 g/mol. The molecule has 1 aliphatic heterocycles. The molecule has 154 valence electrons. The highest BCUT2D eigenvalue weighted by molar-refractivity contribution is 5.98. The smallest absolute Gasteiger partial charge is 0.307 e. The summed E-state index contributed by atoms with van der Waals surface area (Å²) < 4.78 is 6.01. The van der Waals surface area contributed by atoms with Crippen LogP contribution in [0.1, 0.15) is 29.6 Å². The van der Waals surface area contributed by atoms with E-state index in [0.29, 0.717) is 24.4 Å². The molecule has 0 spiro atoms. The quantitative estimate of drug-likeness (QED) is 0.652. The number of aliphatic carboxylic acids is 1. The molecular formula is C25H25NO4. The van der Waals surface area contributed by atoms with E-state index in [2.05, 4.69) is 0 Å². The van der Waals surface area contributed by atoms with Gasteiger partial charge in [0.05, 0.1) is 6.42 Å². The van der Waals surface area contributed by atoms with Gasteiger partial charge < -0.3 is 14.7 Å². The van der Waals surface area contributed by atoms with E-state index in [0.717, 1.165) is 23.6 Å². The van der Waals surface area contributed by atoms with Gasteiger partial charge in [0.15, 0.2) is 0 Å². The van der Waals surface area contributed by atoms with Crippen molar-refractivity contribution >= 4 is 22.6 Å². The minimum absolute atomic E-state index is 0.0259. The van der Waals surface area contributed by atoms with Crippen LogP contribution in [0.15, 0.2) is 72.8 Å². The Labute approximate surface area is 175 Å². The van der Waals surface area contributed by atoms with Gasteiger partial charge in [0.1, 0.15) is 11.9 Å². The number of benzene rings is 3. The number of amides is 1. The number of ether oxygens (including phenoxy) is 1. The van der Waals surface area contributed by atoms with Crippen LogP contribution in [0, 0.1) is 5.92 Å². The Balaban J connectivity index is 1.41. The molecule has 1 atom stereocenters. The molecule has 3 aromatic rings. The number of hydrogen-bond acceptors (Lipinski definition) is 3. The molecule has 1 saturated heterocycles. The number of piperidine rings is 1. The first-order valence-electron chi connectivity index (χ1n) is 10.3. The van der Waals surface area contributed by atoms with Crippen LogP contribution < -0.4 is 4.74 Å². The van der Waals surface area contributed by atoms with Gasteiger partial charge in [-0.3, -0.25) is 9.59 Å². The van der Waals surface area contributed by atoms with Crippen molar-refractivity contribution in [1.29, 1.82) is 0 Å². The van der Waals surface area contributed by atoms with Gasteiger partial charge in [-0.1, -0.05) is 48.5 Å². The standard InChI is InChI=1S/C25H25NO4/c27-24(28)17-23(30-22-8-2-1-3-9-22)19-12-14-26(15-13-19)25(29)21-11-10-18-6-4-5-7-20(18)16-21/h1-11,16,19,23H,12-15,17H2,(H,27,28). The minimum atomic E-state index is -0.870. The molecule has 3 aromatic carbocycles. The summed E-state index contributed by atoms with van der Waals surface area (Å²) in [7, 11) is 0. The molecule has 0 radical (unpaired) electrons. The topological polar surface area (TPSA) is 66.8 Å². The fraction of sp³-hybridized carbons (Fsp3) is 0.280. The van der Waals surface area contributed by atoms with Gasteiger partial charge in [-0.15, -0.1) is 0 Å². The Kier molecular flexibility index (Phi) is 5.98. The zero-order chi connectivity index (χ0) is 20.9. The zero-order valence-electron chi connectivity index (χ0n) is 16.7. The van der Waals surface area contributed by atoms with E-state index in [1.165, 1.54) is 0 Å². The summed E-state index contributed by atoms with van der Waals surface area (Å²) in [6, 6.07) is 23.1. The molecule has 0 aromatic heterocycles. The summed E-state index contributed by atoms with van der Waals surface area (Å²) in [5.74, 6) is -0.0658. The van der Waals surface area contributed by atoms with Crippen molar-refractivity contribution in [3.05, 3.63) is 78.4 Å². The fourth-order valence-electron chi connectivity index (χ4n) is 4.13. The molecule has 1 fully saturated rings. The van der Waals surface area contributed by atoms with Gasteiger partial charge in [-0.25, -0.2) is 0 Å². The van der Waals surface area contributed by atoms with Crippen molar-refractivity contribution in [1.82, 2.24) is 4.90 Å². The largest absolute Gasteiger partial charge is 0.490 e. The Hall–Kier alpha value is -3.34. The number of carboxylic acids is 1. The first-order chi connectivity index (χ1) is 14.6. The second kappa shape index (κ2) is 8.99. The summed E-state index contributed by atoms with van der Waals surface area (Å²) in [5.41, 5.74) is 0.690. The summed E-state index contributed by atoms with van der Waals surface area (Å²) >= 11 is 0. The van der Waals surface area contributed by atoms with E-state index in [9.17, 15) is 14.7 Å².